The summed E-state index contributed by atoms with van der Waals surface area (Å²) in [6, 6.07) is 60.7. The Hall–Kier alpha value is -6.32. The molecule has 3 nitrogen and oxygen atoms in total. The summed E-state index contributed by atoms with van der Waals surface area (Å²) in [4.78, 5) is 2.37. The zero-order valence-corrected chi connectivity index (χ0v) is 25.5. The molecule has 0 saturated carbocycles. The van der Waals surface area contributed by atoms with Gasteiger partial charge in [0, 0.05) is 38.6 Å². The van der Waals surface area contributed by atoms with E-state index in [0.717, 1.165) is 55.6 Å². The molecule has 0 aliphatic carbocycles. The molecule has 0 unspecified atom stereocenters. The lowest BCUT2D eigenvalue weighted by atomic mass is 10.0. The van der Waals surface area contributed by atoms with Crippen molar-refractivity contribution in [2.24, 2.45) is 0 Å². The molecule has 8 aromatic carbocycles. The van der Waals surface area contributed by atoms with Crippen LogP contribution in [-0.2, 0) is 0 Å². The largest absolute Gasteiger partial charge is 0.455 e. The lowest BCUT2D eigenvalue weighted by molar-refractivity contribution is 0.672. The van der Waals surface area contributed by atoms with Crippen molar-refractivity contribution in [3.63, 3.8) is 0 Å². The van der Waals surface area contributed by atoms with Gasteiger partial charge in [-0.3, -0.25) is 0 Å². The lowest BCUT2D eigenvalue weighted by Gasteiger charge is -2.26. The molecule has 2 aromatic heterocycles. The third-order valence-electron chi connectivity index (χ3n) is 9.53. The molecule has 0 fully saturated rings. The van der Waals surface area contributed by atoms with Gasteiger partial charge in [0.15, 0.2) is 0 Å². The van der Waals surface area contributed by atoms with E-state index in [1.807, 2.05) is 0 Å². The summed E-state index contributed by atoms with van der Waals surface area (Å²) in [6.07, 6.45) is 0. The molecule has 2 heterocycles. The van der Waals surface area contributed by atoms with E-state index in [9.17, 15) is 0 Å². The number of rotatable bonds is 4. The van der Waals surface area contributed by atoms with Gasteiger partial charge in [0.05, 0.1) is 22.1 Å². The number of hydrogen-bond acceptors (Lipinski definition) is 2. The van der Waals surface area contributed by atoms with Crippen LogP contribution in [0.4, 0.5) is 17.1 Å². The number of fused-ring (bicyclic) bond motifs is 10. The molecule has 220 valence electrons. The molecular weight excluding hydrogens is 572 g/mol. The topological polar surface area (TPSA) is 21.3 Å². The van der Waals surface area contributed by atoms with Crippen molar-refractivity contribution in [3.8, 4) is 5.69 Å². The van der Waals surface area contributed by atoms with Gasteiger partial charge in [-0.1, -0.05) is 109 Å². The van der Waals surface area contributed by atoms with E-state index in [-0.39, 0.29) is 0 Å². The summed E-state index contributed by atoms with van der Waals surface area (Å²) in [5.41, 5.74) is 8.54. The molecule has 0 aliphatic heterocycles. The van der Waals surface area contributed by atoms with Gasteiger partial charge in [-0.15, -0.1) is 0 Å². The van der Waals surface area contributed by atoms with Crippen LogP contribution in [0, 0.1) is 0 Å². The molecule has 0 atom stereocenters. The van der Waals surface area contributed by atoms with Crippen LogP contribution in [0.15, 0.2) is 174 Å². The van der Waals surface area contributed by atoms with Crippen LogP contribution in [0.5, 0.6) is 0 Å². The Morgan fingerprint density at radius 2 is 1.11 bits per heavy atom. The van der Waals surface area contributed by atoms with Gasteiger partial charge in [0.2, 0.25) is 0 Å². The van der Waals surface area contributed by atoms with Crippen LogP contribution < -0.4 is 4.90 Å². The standard InChI is InChI=1S/C44H28N2O/c1-3-14-31(15-4-1)45(38-20-11-21-41-43(38)37-25-22-30-13-8-10-19-35(30)44(37)47-41)33-24-26-36-40(28-33)46(32-16-5-2-6-17-32)39-27-23-29-12-7-9-18-34(29)42(36)39/h1-28H. The number of para-hydroxylation sites is 2. The third-order valence-corrected chi connectivity index (χ3v) is 9.53. The fraction of sp³-hybridized carbons (Fsp3) is 0. The Morgan fingerprint density at radius 3 is 1.94 bits per heavy atom. The van der Waals surface area contributed by atoms with E-state index in [1.165, 1.54) is 32.4 Å². The van der Waals surface area contributed by atoms with Crippen molar-refractivity contribution in [1.29, 1.82) is 0 Å². The summed E-state index contributed by atoms with van der Waals surface area (Å²) >= 11 is 0. The average Bonchev–Trinajstić information content (AvgIpc) is 3.69. The monoisotopic (exact) mass is 600 g/mol. The average molecular weight is 601 g/mol. The predicted octanol–water partition coefficient (Wildman–Crippen LogP) is 12.5. The van der Waals surface area contributed by atoms with Crippen LogP contribution in [-0.4, -0.2) is 4.57 Å². The van der Waals surface area contributed by atoms with Crippen molar-refractivity contribution >= 4 is 82.4 Å². The molecule has 0 amide bonds. The summed E-state index contributed by atoms with van der Waals surface area (Å²) < 4.78 is 9.03. The highest BCUT2D eigenvalue weighted by molar-refractivity contribution is 6.22. The number of benzene rings is 8. The highest BCUT2D eigenvalue weighted by Gasteiger charge is 2.22. The number of anilines is 3. The molecule has 47 heavy (non-hydrogen) atoms. The van der Waals surface area contributed by atoms with E-state index in [4.69, 9.17) is 4.42 Å². The van der Waals surface area contributed by atoms with E-state index in [0.29, 0.717) is 0 Å². The summed E-state index contributed by atoms with van der Waals surface area (Å²) in [6.45, 7) is 0. The molecule has 0 N–H and O–H groups in total. The quantitative estimate of drug-likeness (QED) is 0.200. The molecular formula is C44H28N2O. The van der Waals surface area contributed by atoms with Gasteiger partial charge in [0.25, 0.3) is 0 Å². The van der Waals surface area contributed by atoms with Gasteiger partial charge in [-0.25, -0.2) is 0 Å². The van der Waals surface area contributed by atoms with Crippen molar-refractivity contribution in [2.45, 2.75) is 0 Å². The van der Waals surface area contributed by atoms with Crippen LogP contribution in [0.3, 0.4) is 0 Å². The van der Waals surface area contributed by atoms with Crippen molar-refractivity contribution in [1.82, 2.24) is 4.57 Å². The van der Waals surface area contributed by atoms with Gasteiger partial charge in [-0.05, 0) is 76.8 Å². The Balaban J connectivity index is 1.30. The second-order valence-electron chi connectivity index (χ2n) is 12.1. The first-order valence-corrected chi connectivity index (χ1v) is 16.0. The number of hydrogen-bond donors (Lipinski definition) is 0. The molecule has 0 radical (unpaired) electrons. The number of furan rings is 1. The van der Waals surface area contributed by atoms with Gasteiger partial charge in [-0.2, -0.15) is 0 Å². The molecule has 10 aromatic rings. The molecule has 10 rings (SSSR count). The first-order chi connectivity index (χ1) is 23.3. The first-order valence-electron chi connectivity index (χ1n) is 16.0. The molecule has 0 saturated heterocycles. The fourth-order valence-electron chi connectivity index (χ4n) is 7.50. The maximum absolute atomic E-state index is 6.63. The van der Waals surface area contributed by atoms with Crippen LogP contribution in [0.1, 0.15) is 0 Å². The van der Waals surface area contributed by atoms with E-state index in [1.54, 1.807) is 0 Å². The maximum atomic E-state index is 6.63. The normalized spacial score (nSPS) is 11.8. The van der Waals surface area contributed by atoms with E-state index >= 15 is 0 Å². The van der Waals surface area contributed by atoms with Crippen molar-refractivity contribution in [2.75, 3.05) is 4.90 Å². The molecule has 0 aliphatic rings. The van der Waals surface area contributed by atoms with Gasteiger partial charge >= 0.3 is 0 Å². The first kappa shape index (κ1) is 26.0. The fourth-order valence-corrected chi connectivity index (χ4v) is 7.50. The van der Waals surface area contributed by atoms with Crippen molar-refractivity contribution in [3.05, 3.63) is 170 Å². The zero-order valence-electron chi connectivity index (χ0n) is 25.5. The molecule has 0 spiro atoms. The predicted molar refractivity (Wildman–Crippen MR) is 198 cm³/mol. The SMILES string of the molecule is c1ccc(N(c2ccc3c4c5ccccc5ccc4n(-c4ccccc4)c3c2)c2cccc3oc4c5ccccc5ccc4c23)cc1. The summed E-state index contributed by atoms with van der Waals surface area (Å²) in [5, 5.41) is 9.53. The van der Waals surface area contributed by atoms with Crippen LogP contribution >= 0.6 is 0 Å². The lowest BCUT2D eigenvalue weighted by Crippen LogP contribution is -2.10. The maximum Gasteiger partial charge on any atom is 0.143 e. The van der Waals surface area contributed by atoms with Crippen LogP contribution in [0.25, 0.3) is 71.0 Å². The van der Waals surface area contributed by atoms with E-state index in [2.05, 4.69) is 179 Å². The van der Waals surface area contributed by atoms with E-state index < -0.39 is 0 Å². The Kier molecular flexibility index (Phi) is 5.57. The van der Waals surface area contributed by atoms with Crippen LogP contribution in [0.2, 0.25) is 0 Å². The highest BCUT2D eigenvalue weighted by atomic mass is 16.3. The second-order valence-corrected chi connectivity index (χ2v) is 12.1. The minimum atomic E-state index is 0.876. The zero-order chi connectivity index (χ0) is 30.9. The highest BCUT2D eigenvalue weighted by Crippen LogP contribution is 2.46. The van der Waals surface area contributed by atoms with Crippen molar-refractivity contribution < 1.29 is 4.42 Å². The molecule has 0 bridgehead atoms. The minimum absolute atomic E-state index is 0.876. The summed E-state index contributed by atoms with van der Waals surface area (Å²) in [5.74, 6) is 0. The minimum Gasteiger partial charge on any atom is -0.455 e. The number of nitrogens with zero attached hydrogens (tertiary/aromatic N) is 2. The number of aromatic nitrogens is 1. The Labute approximate surface area is 271 Å². The third kappa shape index (κ3) is 3.87. The Bertz CT molecular complexity index is 2790. The van der Waals surface area contributed by atoms with Gasteiger partial charge in [0.1, 0.15) is 11.2 Å². The summed E-state index contributed by atoms with van der Waals surface area (Å²) in [7, 11) is 0. The Morgan fingerprint density at radius 1 is 0.426 bits per heavy atom. The smallest absolute Gasteiger partial charge is 0.143 e. The molecule has 3 heteroatoms. The second kappa shape index (κ2) is 10.1. The van der Waals surface area contributed by atoms with Gasteiger partial charge < -0.3 is 13.9 Å².